The van der Waals surface area contributed by atoms with E-state index in [2.05, 4.69) is 9.97 Å². The zero-order valence-electron chi connectivity index (χ0n) is 7.81. The Morgan fingerprint density at radius 2 is 2.13 bits per heavy atom. The third-order valence-electron chi connectivity index (χ3n) is 1.47. The molecular formula is C8H8ClF3N2O. The topological polar surface area (TPSA) is 35.0 Å². The van der Waals surface area contributed by atoms with E-state index in [1.54, 1.807) is 6.92 Å². The van der Waals surface area contributed by atoms with Crippen molar-refractivity contribution in [2.45, 2.75) is 19.5 Å². The van der Waals surface area contributed by atoms with E-state index in [4.69, 9.17) is 16.3 Å². The highest BCUT2D eigenvalue weighted by atomic mass is 35.5. The van der Waals surface area contributed by atoms with Gasteiger partial charge in [0.25, 0.3) is 0 Å². The Bertz CT molecular complexity index is 343. The normalized spacial score (nSPS) is 11.5. The van der Waals surface area contributed by atoms with Gasteiger partial charge in [-0.1, -0.05) is 6.92 Å². The largest absolute Gasteiger partial charge is 0.477 e. The van der Waals surface area contributed by atoms with E-state index < -0.39 is 17.6 Å². The minimum Gasteiger partial charge on any atom is -0.477 e. The Morgan fingerprint density at radius 1 is 1.47 bits per heavy atom. The van der Waals surface area contributed by atoms with Crippen LogP contribution in [0.2, 0.25) is 5.28 Å². The Hall–Kier alpha value is -1.04. The molecule has 0 aliphatic rings. The van der Waals surface area contributed by atoms with Gasteiger partial charge in [-0.25, -0.2) is 4.98 Å². The number of alkyl halides is 3. The van der Waals surface area contributed by atoms with Crippen LogP contribution in [0.1, 0.15) is 18.9 Å². The lowest BCUT2D eigenvalue weighted by molar-refractivity contribution is -0.139. The van der Waals surface area contributed by atoms with Crippen LogP contribution in [0.5, 0.6) is 5.88 Å². The van der Waals surface area contributed by atoms with E-state index in [0.29, 0.717) is 12.6 Å². The van der Waals surface area contributed by atoms with Crippen molar-refractivity contribution < 1.29 is 17.9 Å². The van der Waals surface area contributed by atoms with Crippen LogP contribution in [0, 0.1) is 0 Å². The molecule has 0 aromatic carbocycles. The minimum absolute atomic E-state index is 0.149. The molecule has 15 heavy (non-hydrogen) atoms. The lowest BCUT2D eigenvalue weighted by atomic mass is 10.3. The molecule has 1 rings (SSSR count). The molecule has 0 N–H and O–H groups in total. The first-order valence-corrected chi connectivity index (χ1v) is 4.55. The highest BCUT2D eigenvalue weighted by molar-refractivity contribution is 6.28. The molecule has 0 spiro atoms. The molecule has 0 aliphatic heterocycles. The highest BCUT2D eigenvalue weighted by Crippen LogP contribution is 2.34. The van der Waals surface area contributed by atoms with Crippen molar-refractivity contribution in [1.29, 1.82) is 0 Å². The van der Waals surface area contributed by atoms with Crippen LogP contribution in [0.15, 0.2) is 6.20 Å². The molecule has 0 bridgehead atoms. The summed E-state index contributed by atoms with van der Waals surface area (Å²) in [5, 5.41) is -0.269. The van der Waals surface area contributed by atoms with Gasteiger partial charge in [-0.2, -0.15) is 18.2 Å². The van der Waals surface area contributed by atoms with E-state index in [1.165, 1.54) is 0 Å². The summed E-state index contributed by atoms with van der Waals surface area (Å²) in [5.74, 6) is -0.524. The molecule has 0 aliphatic carbocycles. The monoisotopic (exact) mass is 240 g/mol. The first-order valence-electron chi connectivity index (χ1n) is 4.17. The summed E-state index contributed by atoms with van der Waals surface area (Å²) in [5.41, 5.74) is -1.01. The van der Waals surface area contributed by atoms with Crippen molar-refractivity contribution in [2.75, 3.05) is 6.61 Å². The van der Waals surface area contributed by atoms with Crippen LogP contribution in [0.3, 0.4) is 0 Å². The molecule has 0 fully saturated rings. The third kappa shape index (κ3) is 3.23. The molecule has 1 aromatic heterocycles. The predicted octanol–water partition coefficient (Wildman–Crippen LogP) is 2.94. The molecule has 1 aromatic rings. The summed E-state index contributed by atoms with van der Waals surface area (Å²) < 4.78 is 42.1. The molecule has 0 saturated carbocycles. The summed E-state index contributed by atoms with van der Waals surface area (Å²) in [4.78, 5) is 6.66. The van der Waals surface area contributed by atoms with Crippen molar-refractivity contribution in [3.63, 3.8) is 0 Å². The van der Waals surface area contributed by atoms with Gasteiger partial charge in [0.2, 0.25) is 11.2 Å². The van der Waals surface area contributed by atoms with Gasteiger partial charge >= 0.3 is 6.18 Å². The molecular weight excluding hydrogens is 233 g/mol. The number of hydrogen-bond acceptors (Lipinski definition) is 3. The molecule has 84 valence electrons. The van der Waals surface area contributed by atoms with Crippen LogP contribution in [0.4, 0.5) is 13.2 Å². The number of aromatic nitrogens is 2. The van der Waals surface area contributed by atoms with Crippen molar-refractivity contribution in [3.8, 4) is 5.88 Å². The second-order valence-corrected chi connectivity index (χ2v) is 3.04. The van der Waals surface area contributed by atoms with Gasteiger partial charge < -0.3 is 4.74 Å². The van der Waals surface area contributed by atoms with Gasteiger partial charge in [0.15, 0.2) is 0 Å². The zero-order valence-corrected chi connectivity index (χ0v) is 8.56. The molecule has 0 atom stereocenters. The summed E-state index contributed by atoms with van der Waals surface area (Å²) in [7, 11) is 0. The molecule has 7 heteroatoms. The van der Waals surface area contributed by atoms with Crippen LogP contribution in [0.25, 0.3) is 0 Å². The molecule has 1 heterocycles. The number of nitrogens with zero attached hydrogens (tertiary/aromatic N) is 2. The smallest absolute Gasteiger partial charge is 0.423 e. The first kappa shape index (κ1) is 12.0. The number of rotatable bonds is 3. The molecule has 0 amide bonds. The molecule has 3 nitrogen and oxygen atoms in total. The van der Waals surface area contributed by atoms with Gasteiger partial charge in [-0.3, -0.25) is 0 Å². The lowest BCUT2D eigenvalue weighted by Gasteiger charge is -2.11. The lowest BCUT2D eigenvalue weighted by Crippen LogP contribution is -2.11. The van der Waals surface area contributed by atoms with Crippen molar-refractivity contribution in [2.24, 2.45) is 0 Å². The second-order valence-electron chi connectivity index (χ2n) is 2.70. The Balaban J connectivity index is 3.03. The second kappa shape index (κ2) is 4.65. The quantitative estimate of drug-likeness (QED) is 0.762. The maximum atomic E-state index is 12.4. The van der Waals surface area contributed by atoms with Gasteiger partial charge in [0.1, 0.15) is 5.56 Å². The highest BCUT2D eigenvalue weighted by Gasteiger charge is 2.36. The average Bonchev–Trinajstić information content (AvgIpc) is 2.12. The maximum absolute atomic E-state index is 12.4. The van der Waals surface area contributed by atoms with Crippen molar-refractivity contribution in [3.05, 3.63) is 17.0 Å². The summed E-state index contributed by atoms with van der Waals surface area (Å²) in [6, 6.07) is 0. The maximum Gasteiger partial charge on any atom is 0.423 e. The number of halogens is 4. The molecule has 0 unspecified atom stereocenters. The number of ether oxygens (including phenoxy) is 1. The Morgan fingerprint density at radius 3 is 2.67 bits per heavy atom. The third-order valence-corrected chi connectivity index (χ3v) is 1.65. The fraction of sp³-hybridized carbons (Fsp3) is 0.500. The summed E-state index contributed by atoms with van der Waals surface area (Å²) >= 11 is 5.38. The Labute approximate surface area is 89.2 Å². The van der Waals surface area contributed by atoms with Crippen LogP contribution < -0.4 is 4.74 Å². The van der Waals surface area contributed by atoms with E-state index in [1.807, 2.05) is 0 Å². The van der Waals surface area contributed by atoms with Crippen molar-refractivity contribution >= 4 is 11.6 Å². The minimum atomic E-state index is -4.53. The predicted molar refractivity (Wildman–Crippen MR) is 47.8 cm³/mol. The fourth-order valence-corrected chi connectivity index (χ4v) is 0.975. The molecule has 0 radical (unpaired) electrons. The van der Waals surface area contributed by atoms with Crippen LogP contribution in [-0.4, -0.2) is 16.6 Å². The van der Waals surface area contributed by atoms with E-state index in [0.717, 1.165) is 0 Å². The van der Waals surface area contributed by atoms with Crippen LogP contribution >= 0.6 is 11.6 Å². The van der Waals surface area contributed by atoms with E-state index >= 15 is 0 Å². The van der Waals surface area contributed by atoms with Gasteiger partial charge in [-0.15, -0.1) is 0 Å². The van der Waals surface area contributed by atoms with Crippen LogP contribution in [-0.2, 0) is 6.18 Å². The SMILES string of the molecule is CCCOc1nc(Cl)ncc1C(F)(F)F. The van der Waals surface area contributed by atoms with Gasteiger partial charge in [0, 0.05) is 6.20 Å². The average molecular weight is 241 g/mol. The fourth-order valence-electron chi connectivity index (χ4n) is 0.849. The Kier molecular flexibility index (Phi) is 3.73. The van der Waals surface area contributed by atoms with Gasteiger partial charge in [0.05, 0.1) is 6.61 Å². The number of hydrogen-bond donors (Lipinski definition) is 0. The summed E-state index contributed by atoms with van der Waals surface area (Å²) in [6.45, 7) is 1.92. The summed E-state index contributed by atoms with van der Waals surface area (Å²) in [6.07, 6.45) is -3.34. The van der Waals surface area contributed by atoms with Crippen molar-refractivity contribution in [1.82, 2.24) is 9.97 Å². The zero-order chi connectivity index (χ0) is 11.5. The van der Waals surface area contributed by atoms with E-state index in [-0.39, 0.29) is 11.9 Å². The van der Waals surface area contributed by atoms with Gasteiger partial charge in [-0.05, 0) is 18.0 Å². The van der Waals surface area contributed by atoms with E-state index in [9.17, 15) is 13.2 Å². The first-order chi connectivity index (χ1) is 6.95. The molecule has 0 saturated heterocycles. The standard InChI is InChI=1S/C8H8ClF3N2O/c1-2-3-15-6-5(8(10,11)12)4-13-7(9)14-6/h4H,2-3H2,1H3.